The highest BCUT2D eigenvalue weighted by molar-refractivity contribution is 7.89. The smallest absolute Gasteiger partial charge is 0.214 e. The molecule has 0 aliphatic carbocycles. The lowest BCUT2D eigenvalue weighted by atomic mass is 9.99. The van der Waals surface area contributed by atoms with Crippen LogP contribution in [0.25, 0.3) is 5.65 Å². The first-order valence-corrected chi connectivity index (χ1v) is 10.2. The van der Waals surface area contributed by atoms with E-state index in [0.29, 0.717) is 19.5 Å². The Morgan fingerprint density at radius 3 is 3.08 bits per heavy atom. The predicted molar refractivity (Wildman–Crippen MR) is 90.6 cm³/mol. The van der Waals surface area contributed by atoms with Crippen molar-refractivity contribution in [3.63, 3.8) is 0 Å². The third-order valence-corrected chi connectivity index (χ3v) is 6.87. The van der Waals surface area contributed by atoms with Crippen LogP contribution < -0.4 is 5.32 Å². The van der Waals surface area contributed by atoms with Crippen molar-refractivity contribution in [1.29, 1.82) is 0 Å². The second kappa shape index (κ2) is 5.96. The molecule has 1 N–H and O–H groups in total. The van der Waals surface area contributed by atoms with Gasteiger partial charge in [-0.1, -0.05) is 6.92 Å². The van der Waals surface area contributed by atoms with Crippen molar-refractivity contribution in [3.05, 3.63) is 17.7 Å². The summed E-state index contributed by atoms with van der Waals surface area (Å²) in [4.78, 5) is 4.38. The zero-order valence-corrected chi connectivity index (χ0v) is 14.6. The van der Waals surface area contributed by atoms with Crippen LogP contribution in [0, 0.1) is 0 Å². The van der Waals surface area contributed by atoms with E-state index in [1.54, 1.807) is 10.5 Å². The summed E-state index contributed by atoms with van der Waals surface area (Å²) in [7, 11) is -3.17. The minimum atomic E-state index is -3.17. The predicted octanol–water partition coefficient (Wildman–Crippen LogP) is 1.01. The lowest BCUT2D eigenvalue weighted by molar-refractivity contribution is 0.308. The fraction of sp³-hybridized carbons (Fsp3) is 0.667. The van der Waals surface area contributed by atoms with E-state index < -0.39 is 10.0 Å². The van der Waals surface area contributed by atoms with Crippen LogP contribution in [0.3, 0.4) is 0 Å². The van der Waals surface area contributed by atoms with Gasteiger partial charge in [-0.05, 0) is 19.3 Å². The Morgan fingerprint density at radius 2 is 2.25 bits per heavy atom. The maximum absolute atomic E-state index is 12.4. The molecule has 2 aromatic rings. The fourth-order valence-corrected chi connectivity index (χ4v) is 5.29. The molecule has 2 aliphatic rings. The van der Waals surface area contributed by atoms with Gasteiger partial charge in [0.05, 0.1) is 17.6 Å². The molecular formula is C15H22N6O2S. The highest BCUT2D eigenvalue weighted by Crippen LogP contribution is 2.30. The molecule has 0 unspecified atom stereocenters. The zero-order valence-electron chi connectivity index (χ0n) is 13.8. The third kappa shape index (κ3) is 2.55. The number of aromatic nitrogens is 4. The van der Waals surface area contributed by atoms with Crippen LogP contribution in [0.15, 0.2) is 6.20 Å². The molecule has 9 heteroatoms. The SMILES string of the molecule is CCCS(=O)(=O)N1CCC[C@H](c2nnc3cnc4c(n23)CCN4)C1. The first-order chi connectivity index (χ1) is 11.6. The van der Waals surface area contributed by atoms with Gasteiger partial charge in [0.15, 0.2) is 5.65 Å². The molecule has 0 radical (unpaired) electrons. The molecule has 2 aliphatic heterocycles. The van der Waals surface area contributed by atoms with E-state index >= 15 is 0 Å². The van der Waals surface area contributed by atoms with Crippen molar-refractivity contribution in [2.45, 2.75) is 38.5 Å². The molecule has 4 rings (SSSR count). The third-order valence-electron chi connectivity index (χ3n) is 4.82. The summed E-state index contributed by atoms with van der Waals surface area (Å²) in [5.41, 5.74) is 1.84. The molecule has 2 aromatic heterocycles. The Bertz CT molecular complexity index is 862. The molecule has 0 bridgehead atoms. The van der Waals surface area contributed by atoms with Gasteiger partial charge < -0.3 is 5.32 Å². The van der Waals surface area contributed by atoms with Crippen molar-refractivity contribution in [2.24, 2.45) is 0 Å². The summed E-state index contributed by atoms with van der Waals surface area (Å²) in [6.07, 6.45) is 5.04. The fourth-order valence-electron chi connectivity index (χ4n) is 3.71. The van der Waals surface area contributed by atoms with Crippen LogP contribution in [0.1, 0.15) is 43.6 Å². The average molecular weight is 350 g/mol. The number of sulfonamides is 1. The van der Waals surface area contributed by atoms with E-state index in [1.165, 1.54) is 0 Å². The normalized spacial score (nSPS) is 21.8. The largest absolute Gasteiger partial charge is 0.368 e. The number of hydrogen-bond acceptors (Lipinski definition) is 6. The minimum Gasteiger partial charge on any atom is -0.368 e. The molecule has 4 heterocycles. The van der Waals surface area contributed by atoms with E-state index in [2.05, 4.69) is 24.9 Å². The molecule has 0 spiro atoms. The molecule has 0 saturated carbocycles. The van der Waals surface area contributed by atoms with Crippen molar-refractivity contribution in [3.8, 4) is 0 Å². The monoisotopic (exact) mass is 350 g/mol. The number of fused-ring (bicyclic) bond motifs is 3. The number of hydrogen-bond donors (Lipinski definition) is 1. The number of rotatable bonds is 4. The molecule has 0 aromatic carbocycles. The average Bonchev–Trinajstić information content (AvgIpc) is 3.21. The molecule has 24 heavy (non-hydrogen) atoms. The van der Waals surface area contributed by atoms with Gasteiger partial charge in [0.1, 0.15) is 11.6 Å². The Kier molecular flexibility index (Phi) is 3.92. The van der Waals surface area contributed by atoms with Crippen LogP contribution in [-0.4, -0.2) is 57.7 Å². The summed E-state index contributed by atoms with van der Waals surface area (Å²) in [5, 5.41) is 11.9. The van der Waals surface area contributed by atoms with Crippen LogP contribution in [0.5, 0.6) is 0 Å². The molecule has 1 saturated heterocycles. The Hall–Kier alpha value is -1.74. The summed E-state index contributed by atoms with van der Waals surface area (Å²) in [6.45, 7) is 3.86. The van der Waals surface area contributed by atoms with Crippen LogP contribution in [-0.2, 0) is 16.4 Å². The van der Waals surface area contributed by atoms with Crippen molar-refractivity contribution in [1.82, 2.24) is 23.9 Å². The lowest BCUT2D eigenvalue weighted by Gasteiger charge is -2.31. The summed E-state index contributed by atoms with van der Waals surface area (Å²) in [5.74, 6) is 2.04. The van der Waals surface area contributed by atoms with Crippen LogP contribution in [0.4, 0.5) is 5.82 Å². The highest BCUT2D eigenvalue weighted by atomic mass is 32.2. The topological polar surface area (TPSA) is 92.5 Å². The second-order valence-corrected chi connectivity index (χ2v) is 8.58. The summed E-state index contributed by atoms with van der Waals surface area (Å²) >= 11 is 0. The van der Waals surface area contributed by atoms with Crippen LogP contribution in [0.2, 0.25) is 0 Å². The van der Waals surface area contributed by atoms with Gasteiger partial charge in [0.25, 0.3) is 0 Å². The minimum absolute atomic E-state index is 0.0764. The van der Waals surface area contributed by atoms with Crippen molar-refractivity contribution < 1.29 is 8.42 Å². The van der Waals surface area contributed by atoms with E-state index in [1.807, 2.05) is 6.92 Å². The maximum Gasteiger partial charge on any atom is 0.214 e. The van der Waals surface area contributed by atoms with Gasteiger partial charge >= 0.3 is 0 Å². The number of nitrogens with zero attached hydrogens (tertiary/aromatic N) is 5. The molecule has 0 amide bonds. The first kappa shape index (κ1) is 15.8. The molecule has 130 valence electrons. The van der Waals surface area contributed by atoms with Gasteiger partial charge in [-0.15, -0.1) is 10.2 Å². The van der Waals surface area contributed by atoms with E-state index in [0.717, 1.165) is 48.8 Å². The standard InChI is InChI=1S/C15H22N6O2S/c1-2-8-24(22,23)20-7-3-4-11(10-20)15-19-18-13-9-17-14-12(21(13)15)5-6-16-14/h9,11,16H,2-8,10H2,1H3/t11-/m0/s1. The zero-order chi connectivity index (χ0) is 16.7. The quantitative estimate of drug-likeness (QED) is 0.885. The van der Waals surface area contributed by atoms with Gasteiger partial charge in [0.2, 0.25) is 10.0 Å². The van der Waals surface area contributed by atoms with Gasteiger partial charge in [0, 0.05) is 32.0 Å². The molecular weight excluding hydrogens is 328 g/mol. The number of nitrogens with one attached hydrogen (secondary N) is 1. The van der Waals surface area contributed by atoms with E-state index in [-0.39, 0.29) is 11.7 Å². The van der Waals surface area contributed by atoms with Gasteiger partial charge in [-0.25, -0.2) is 17.7 Å². The molecule has 8 nitrogen and oxygen atoms in total. The maximum atomic E-state index is 12.4. The van der Waals surface area contributed by atoms with Crippen molar-refractivity contribution in [2.75, 3.05) is 30.7 Å². The highest BCUT2D eigenvalue weighted by Gasteiger charge is 2.32. The number of anilines is 1. The second-order valence-electron chi connectivity index (χ2n) is 6.50. The van der Waals surface area contributed by atoms with Crippen LogP contribution >= 0.6 is 0 Å². The van der Waals surface area contributed by atoms with Crippen molar-refractivity contribution >= 4 is 21.5 Å². The van der Waals surface area contributed by atoms with Gasteiger partial charge in [-0.2, -0.15) is 0 Å². The summed E-state index contributed by atoms with van der Waals surface area (Å²) in [6, 6.07) is 0. The Labute approximate surface area is 141 Å². The number of piperidine rings is 1. The molecule has 1 atom stereocenters. The summed E-state index contributed by atoms with van der Waals surface area (Å²) < 4.78 is 28.5. The van der Waals surface area contributed by atoms with E-state index in [9.17, 15) is 8.42 Å². The Morgan fingerprint density at radius 1 is 1.38 bits per heavy atom. The Balaban J connectivity index is 1.69. The lowest BCUT2D eigenvalue weighted by Crippen LogP contribution is -2.40. The van der Waals surface area contributed by atoms with Gasteiger partial charge in [-0.3, -0.25) is 4.40 Å². The van der Waals surface area contributed by atoms with E-state index in [4.69, 9.17) is 0 Å². The first-order valence-electron chi connectivity index (χ1n) is 8.54. The molecule has 1 fully saturated rings.